The lowest BCUT2D eigenvalue weighted by Crippen LogP contribution is -2.30. The van der Waals surface area contributed by atoms with Crippen LogP contribution in [0, 0.1) is 6.92 Å². The third-order valence-corrected chi connectivity index (χ3v) is 4.30. The first kappa shape index (κ1) is 13.4. The van der Waals surface area contributed by atoms with Crippen LogP contribution in [0.3, 0.4) is 0 Å². The van der Waals surface area contributed by atoms with E-state index in [1.807, 2.05) is 24.0 Å². The van der Waals surface area contributed by atoms with Crippen molar-refractivity contribution >= 4 is 21.8 Å². The van der Waals surface area contributed by atoms with Crippen LogP contribution in [-0.2, 0) is 0 Å². The number of amides is 1. The third-order valence-electron chi connectivity index (χ3n) is 3.81. The Labute approximate surface area is 126 Å². The predicted octanol–water partition coefficient (Wildman–Crippen LogP) is 3.46. The molecule has 2 aromatic rings. The van der Waals surface area contributed by atoms with Crippen molar-refractivity contribution in [1.82, 2.24) is 15.1 Å². The second-order valence-electron chi connectivity index (χ2n) is 5.12. The summed E-state index contributed by atoms with van der Waals surface area (Å²) in [6.07, 6.45) is 3.67. The molecule has 1 unspecified atom stereocenters. The first-order valence-corrected chi connectivity index (χ1v) is 7.52. The van der Waals surface area contributed by atoms with Crippen LogP contribution in [-0.4, -0.2) is 27.5 Å². The van der Waals surface area contributed by atoms with Crippen LogP contribution in [0.15, 0.2) is 34.9 Å². The predicted molar refractivity (Wildman–Crippen MR) is 80.5 cm³/mol. The highest BCUT2D eigenvalue weighted by atomic mass is 79.9. The van der Waals surface area contributed by atoms with E-state index in [0.29, 0.717) is 5.56 Å². The molecule has 1 aromatic heterocycles. The molecule has 20 heavy (non-hydrogen) atoms. The third kappa shape index (κ3) is 2.38. The molecule has 1 N–H and O–H groups in total. The van der Waals surface area contributed by atoms with E-state index in [-0.39, 0.29) is 11.9 Å². The van der Waals surface area contributed by atoms with Gasteiger partial charge in [-0.15, -0.1) is 0 Å². The van der Waals surface area contributed by atoms with Gasteiger partial charge in [-0.3, -0.25) is 9.89 Å². The van der Waals surface area contributed by atoms with Gasteiger partial charge in [0, 0.05) is 16.7 Å². The van der Waals surface area contributed by atoms with Gasteiger partial charge in [0.05, 0.1) is 17.8 Å². The Hall–Kier alpha value is -1.62. The van der Waals surface area contributed by atoms with Gasteiger partial charge < -0.3 is 4.90 Å². The lowest BCUT2D eigenvalue weighted by Gasteiger charge is -2.25. The zero-order valence-electron chi connectivity index (χ0n) is 11.3. The minimum Gasteiger partial charge on any atom is -0.331 e. The molecule has 1 fully saturated rings. The number of benzene rings is 1. The topological polar surface area (TPSA) is 49.0 Å². The van der Waals surface area contributed by atoms with Crippen molar-refractivity contribution in [3.8, 4) is 0 Å². The molecule has 0 spiro atoms. The van der Waals surface area contributed by atoms with E-state index in [0.717, 1.165) is 29.6 Å². The van der Waals surface area contributed by atoms with E-state index in [9.17, 15) is 4.79 Å². The monoisotopic (exact) mass is 333 g/mol. The van der Waals surface area contributed by atoms with Gasteiger partial charge in [0.25, 0.3) is 5.91 Å². The Morgan fingerprint density at radius 3 is 3.05 bits per heavy atom. The second kappa shape index (κ2) is 5.40. The Morgan fingerprint density at radius 2 is 2.35 bits per heavy atom. The Morgan fingerprint density at radius 1 is 1.50 bits per heavy atom. The highest BCUT2D eigenvalue weighted by molar-refractivity contribution is 9.10. The number of halogens is 1. The lowest BCUT2D eigenvalue weighted by atomic mass is 10.0. The molecule has 1 aliphatic heterocycles. The maximum atomic E-state index is 12.7. The second-order valence-corrected chi connectivity index (χ2v) is 6.04. The first-order chi connectivity index (χ1) is 9.66. The number of carbonyl (C=O) groups excluding carboxylic acids is 1. The van der Waals surface area contributed by atoms with Gasteiger partial charge >= 0.3 is 0 Å². The maximum Gasteiger partial charge on any atom is 0.257 e. The molecule has 1 atom stereocenters. The fraction of sp³-hybridized carbons (Fsp3) is 0.333. The summed E-state index contributed by atoms with van der Waals surface area (Å²) in [5.74, 6) is 0.0683. The average molecular weight is 334 g/mol. The van der Waals surface area contributed by atoms with Crippen LogP contribution in [0.25, 0.3) is 0 Å². The molecule has 1 aromatic carbocycles. The highest BCUT2D eigenvalue weighted by Crippen LogP contribution is 2.34. The van der Waals surface area contributed by atoms with E-state index < -0.39 is 0 Å². The smallest absolute Gasteiger partial charge is 0.257 e. The molecule has 104 valence electrons. The molecule has 4 nitrogen and oxygen atoms in total. The number of nitrogens with zero attached hydrogens (tertiary/aromatic N) is 2. The Balaban J connectivity index is 1.90. The number of H-pyrrole nitrogens is 1. The molecule has 1 amide bonds. The largest absolute Gasteiger partial charge is 0.331 e. The number of carbonyl (C=O) groups is 1. The van der Waals surface area contributed by atoms with Gasteiger partial charge in [-0.25, -0.2) is 0 Å². The summed E-state index contributed by atoms with van der Waals surface area (Å²) in [5.41, 5.74) is 2.69. The zero-order valence-corrected chi connectivity index (χ0v) is 12.9. The van der Waals surface area contributed by atoms with Crippen molar-refractivity contribution in [2.75, 3.05) is 6.54 Å². The van der Waals surface area contributed by atoms with E-state index in [1.54, 1.807) is 6.20 Å². The van der Waals surface area contributed by atoms with Crippen LogP contribution >= 0.6 is 15.9 Å². The minimum absolute atomic E-state index is 0.0683. The van der Waals surface area contributed by atoms with Crippen molar-refractivity contribution < 1.29 is 4.79 Å². The number of aromatic amines is 1. The van der Waals surface area contributed by atoms with E-state index in [1.165, 1.54) is 5.56 Å². The normalized spacial score (nSPS) is 18.5. The number of hydrogen-bond acceptors (Lipinski definition) is 2. The number of rotatable bonds is 2. The Kier molecular flexibility index (Phi) is 3.61. The fourth-order valence-corrected chi connectivity index (χ4v) is 3.21. The number of aryl methyl sites for hydroxylation is 1. The number of likely N-dealkylation sites (tertiary alicyclic amines) is 1. The molecule has 0 bridgehead atoms. The summed E-state index contributed by atoms with van der Waals surface area (Å²) in [5, 5.41) is 6.78. The summed E-state index contributed by atoms with van der Waals surface area (Å²) >= 11 is 3.50. The molecule has 5 heteroatoms. The Bertz CT molecular complexity index is 638. The van der Waals surface area contributed by atoms with Gasteiger partial charge in [0.15, 0.2) is 0 Å². The first-order valence-electron chi connectivity index (χ1n) is 6.73. The fourth-order valence-electron chi connectivity index (χ4n) is 2.79. The molecule has 0 aliphatic carbocycles. The summed E-state index contributed by atoms with van der Waals surface area (Å²) in [4.78, 5) is 14.6. The van der Waals surface area contributed by atoms with Crippen molar-refractivity contribution in [2.24, 2.45) is 0 Å². The summed E-state index contributed by atoms with van der Waals surface area (Å²) in [6.45, 7) is 2.69. The summed E-state index contributed by atoms with van der Waals surface area (Å²) in [7, 11) is 0. The number of hydrogen-bond donors (Lipinski definition) is 1. The van der Waals surface area contributed by atoms with Crippen molar-refractivity contribution in [3.05, 3.63) is 51.8 Å². The molecule has 0 saturated carbocycles. The molecule has 1 aliphatic rings. The SMILES string of the molecule is Cc1[nH]ncc1C(=O)N1CCCC1c1cccc(Br)c1. The van der Waals surface area contributed by atoms with E-state index >= 15 is 0 Å². The number of aromatic nitrogens is 2. The lowest BCUT2D eigenvalue weighted by molar-refractivity contribution is 0.0735. The highest BCUT2D eigenvalue weighted by Gasteiger charge is 2.31. The van der Waals surface area contributed by atoms with Crippen LogP contribution in [0.2, 0.25) is 0 Å². The molecule has 3 rings (SSSR count). The van der Waals surface area contributed by atoms with Gasteiger partial charge in [-0.1, -0.05) is 28.1 Å². The van der Waals surface area contributed by atoms with Crippen molar-refractivity contribution in [1.29, 1.82) is 0 Å². The minimum atomic E-state index is 0.0683. The standard InChI is InChI=1S/C15H16BrN3O/c1-10-13(9-17-18-10)15(20)19-7-3-6-14(19)11-4-2-5-12(16)8-11/h2,4-5,8-9,14H,3,6-7H2,1H3,(H,17,18). The van der Waals surface area contributed by atoms with Crippen molar-refractivity contribution in [2.45, 2.75) is 25.8 Å². The molecule has 0 radical (unpaired) electrons. The van der Waals surface area contributed by atoms with Gasteiger partial charge in [0.1, 0.15) is 0 Å². The average Bonchev–Trinajstić information content (AvgIpc) is 3.06. The van der Waals surface area contributed by atoms with E-state index in [2.05, 4.69) is 38.3 Å². The summed E-state index contributed by atoms with van der Waals surface area (Å²) < 4.78 is 1.05. The van der Waals surface area contributed by atoms with E-state index in [4.69, 9.17) is 0 Å². The van der Waals surface area contributed by atoms with Crippen LogP contribution in [0.1, 0.15) is 40.5 Å². The van der Waals surface area contributed by atoms with Gasteiger partial charge in [0.2, 0.25) is 0 Å². The molecule has 1 saturated heterocycles. The molecular formula is C15H16BrN3O. The van der Waals surface area contributed by atoms with Crippen LogP contribution in [0.4, 0.5) is 0 Å². The zero-order chi connectivity index (χ0) is 14.1. The maximum absolute atomic E-state index is 12.7. The molecule has 2 heterocycles. The van der Waals surface area contributed by atoms with Crippen LogP contribution < -0.4 is 0 Å². The summed E-state index contributed by atoms with van der Waals surface area (Å²) in [6, 6.07) is 8.37. The van der Waals surface area contributed by atoms with Gasteiger partial charge in [-0.05, 0) is 37.5 Å². The van der Waals surface area contributed by atoms with Gasteiger partial charge in [-0.2, -0.15) is 5.10 Å². The molecular weight excluding hydrogens is 318 g/mol. The number of nitrogens with one attached hydrogen (secondary N) is 1. The van der Waals surface area contributed by atoms with Crippen molar-refractivity contribution in [3.63, 3.8) is 0 Å². The van der Waals surface area contributed by atoms with Crippen LogP contribution in [0.5, 0.6) is 0 Å². The quantitative estimate of drug-likeness (QED) is 0.914.